The average Bonchev–Trinajstić information content (AvgIpc) is 2.78. The van der Waals surface area contributed by atoms with Crippen LogP contribution in [0.15, 0.2) is 0 Å². The molecule has 0 bridgehead atoms. The van der Waals surface area contributed by atoms with Crippen molar-refractivity contribution in [1.29, 1.82) is 0 Å². The van der Waals surface area contributed by atoms with Gasteiger partial charge in [-0.3, -0.25) is 19.2 Å². The minimum atomic E-state index is -0.971. The molecule has 0 rings (SSSR count). The fraction of sp³-hybridized carbons (Fsp3) is 0.867. The van der Waals surface area contributed by atoms with Gasteiger partial charge < -0.3 is 0 Å². The van der Waals surface area contributed by atoms with Crippen LogP contribution in [0.25, 0.3) is 0 Å². The topological polar surface area (TPSA) is 68.3 Å². The van der Waals surface area contributed by atoms with Gasteiger partial charge >= 0.3 is 0 Å². The number of carbonyl (C=O) groups excluding carboxylic acids is 4. The van der Waals surface area contributed by atoms with Gasteiger partial charge in [-0.05, 0) is 38.5 Å². The number of hydrogen-bond donors (Lipinski definition) is 0. The van der Waals surface area contributed by atoms with E-state index < -0.39 is 21.7 Å². The number of ketones is 4. The maximum absolute atomic E-state index is 13.8. The van der Waals surface area contributed by atoms with Crippen LogP contribution in [0.5, 0.6) is 0 Å². The van der Waals surface area contributed by atoms with Crippen LogP contribution in [0.1, 0.15) is 134 Å². The van der Waals surface area contributed by atoms with Crippen LogP contribution in [0.4, 0.5) is 0 Å². The minimum absolute atomic E-state index is 0.0122. The Morgan fingerprint density at radius 2 is 1.12 bits per heavy atom. The molecule has 2 unspecified atom stereocenters. The predicted molar refractivity (Wildman–Crippen MR) is 142 cm³/mol. The molecule has 0 aliphatic rings. The number of unbranched alkanes of at least 4 members (excludes halogenated alkanes) is 1. The van der Waals surface area contributed by atoms with Crippen molar-refractivity contribution in [2.45, 2.75) is 134 Å². The lowest BCUT2D eigenvalue weighted by atomic mass is 9.61. The molecule has 4 heteroatoms. The molecule has 0 aromatic rings. The van der Waals surface area contributed by atoms with Crippen molar-refractivity contribution in [2.24, 2.45) is 33.5 Å². The molecule has 0 aliphatic heterocycles. The fourth-order valence-corrected chi connectivity index (χ4v) is 5.58. The zero-order valence-corrected chi connectivity index (χ0v) is 24.4. The first-order chi connectivity index (χ1) is 15.4. The molecule has 0 N–H and O–H groups in total. The van der Waals surface area contributed by atoms with Gasteiger partial charge in [-0.2, -0.15) is 0 Å². The van der Waals surface area contributed by atoms with Crippen LogP contribution in [0, 0.1) is 33.5 Å². The lowest BCUT2D eigenvalue weighted by molar-refractivity contribution is -0.152. The zero-order chi connectivity index (χ0) is 27.1. The van der Waals surface area contributed by atoms with Gasteiger partial charge in [0.05, 0.1) is 10.8 Å². The van der Waals surface area contributed by atoms with E-state index in [0.717, 1.165) is 12.8 Å². The third-order valence-electron chi connectivity index (χ3n) is 8.05. The average molecular weight is 479 g/mol. The summed E-state index contributed by atoms with van der Waals surface area (Å²) in [4.78, 5) is 54.2. The van der Waals surface area contributed by atoms with Crippen LogP contribution in [-0.2, 0) is 19.2 Å². The molecule has 198 valence electrons. The van der Waals surface area contributed by atoms with Crippen LogP contribution < -0.4 is 0 Å². The molecule has 0 aromatic heterocycles. The fourth-order valence-electron chi connectivity index (χ4n) is 5.58. The summed E-state index contributed by atoms with van der Waals surface area (Å²) < 4.78 is 0. The highest BCUT2D eigenvalue weighted by atomic mass is 16.2. The molecule has 0 heterocycles. The van der Waals surface area contributed by atoms with Gasteiger partial charge in [-0.1, -0.05) is 95.9 Å². The minimum Gasteiger partial charge on any atom is -0.298 e. The van der Waals surface area contributed by atoms with Gasteiger partial charge in [0.15, 0.2) is 11.6 Å². The van der Waals surface area contributed by atoms with Crippen molar-refractivity contribution in [1.82, 2.24) is 0 Å². The van der Waals surface area contributed by atoms with Crippen LogP contribution >= 0.6 is 0 Å². The summed E-state index contributed by atoms with van der Waals surface area (Å²) in [6.07, 6.45) is 4.89. The molecule has 0 saturated heterocycles. The van der Waals surface area contributed by atoms with E-state index >= 15 is 0 Å². The van der Waals surface area contributed by atoms with Gasteiger partial charge in [-0.15, -0.1) is 0 Å². The largest absolute Gasteiger partial charge is 0.298 e. The third-order valence-corrected chi connectivity index (χ3v) is 8.05. The highest BCUT2D eigenvalue weighted by Gasteiger charge is 2.51. The van der Waals surface area contributed by atoms with E-state index in [-0.39, 0.29) is 35.0 Å². The molecule has 0 spiro atoms. The van der Waals surface area contributed by atoms with Crippen LogP contribution in [0.3, 0.4) is 0 Å². The normalized spacial score (nSPS) is 15.7. The lowest BCUT2D eigenvalue weighted by Crippen LogP contribution is -2.48. The Balaban J connectivity index is 5.93. The van der Waals surface area contributed by atoms with Gasteiger partial charge in [-0.25, -0.2) is 0 Å². The van der Waals surface area contributed by atoms with Crippen molar-refractivity contribution in [3.8, 4) is 0 Å². The first-order valence-corrected chi connectivity index (χ1v) is 13.6. The summed E-state index contributed by atoms with van der Waals surface area (Å²) in [7, 11) is 0. The Morgan fingerprint density at radius 3 is 1.47 bits per heavy atom. The molecule has 0 aliphatic carbocycles. The maximum atomic E-state index is 13.8. The van der Waals surface area contributed by atoms with Crippen molar-refractivity contribution in [3.63, 3.8) is 0 Å². The summed E-state index contributed by atoms with van der Waals surface area (Å²) in [5.74, 6) is -0.480. The van der Waals surface area contributed by atoms with Crippen molar-refractivity contribution >= 4 is 23.1 Å². The predicted octanol–water partition coefficient (Wildman–Crippen LogP) is 7.80. The second-order valence-electron chi connectivity index (χ2n) is 12.4. The van der Waals surface area contributed by atoms with Gasteiger partial charge in [0.25, 0.3) is 0 Å². The SMILES string of the molecule is CCCCC(CC)(C(=O)C(C)CCC(C)(C)C(=O)C(CC)(CC)C(=O)C(C)C)C(=O)C(C)(C)C. The Hall–Kier alpha value is -1.32. The maximum Gasteiger partial charge on any atom is 0.151 e. The first kappa shape index (κ1) is 32.7. The molecule has 2 atom stereocenters. The number of carbonyl (C=O) groups is 4. The van der Waals surface area contributed by atoms with Crippen molar-refractivity contribution < 1.29 is 19.2 Å². The molecule has 0 amide bonds. The van der Waals surface area contributed by atoms with Crippen molar-refractivity contribution in [2.75, 3.05) is 0 Å². The number of rotatable bonds is 16. The van der Waals surface area contributed by atoms with E-state index in [1.807, 2.05) is 76.2 Å². The zero-order valence-electron chi connectivity index (χ0n) is 24.4. The van der Waals surface area contributed by atoms with Gasteiger partial charge in [0, 0.05) is 22.7 Å². The Labute approximate surface area is 210 Å². The monoisotopic (exact) mass is 478 g/mol. The summed E-state index contributed by atoms with van der Waals surface area (Å²) in [5.41, 5.74) is -3.25. The van der Waals surface area contributed by atoms with E-state index in [9.17, 15) is 19.2 Å². The van der Waals surface area contributed by atoms with Crippen LogP contribution in [0.2, 0.25) is 0 Å². The second kappa shape index (κ2) is 12.6. The molecule has 0 aromatic carbocycles. The molecule has 0 radical (unpaired) electrons. The third kappa shape index (κ3) is 6.88. The van der Waals surface area contributed by atoms with E-state index in [1.165, 1.54) is 0 Å². The molecular weight excluding hydrogens is 424 g/mol. The Morgan fingerprint density at radius 1 is 0.647 bits per heavy atom. The van der Waals surface area contributed by atoms with E-state index in [0.29, 0.717) is 38.5 Å². The Kier molecular flexibility index (Phi) is 12.1. The Bertz CT molecular complexity index is 719. The smallest absolute Gasteiger partial charge is 0.151 e. The highest BCUT2D eigenvalue weighted by Crippen LogP contribution is 2.44. The molecule has 0 fully saturated rings. The lowest BCUT2D eigenvalue weighted by Gasteiger charge is -2.39. The summed E-state index contributed by atoms with van der Waals surface area (Å²) in [6.45, 7) is 23.0. The molecular formula is C30H54O4. The van der Waals surface area contributed by atoms with E-state index in [2.05, 4.69) is 6.92 Å². The molecule has 0 saturated carbocycles. The summed E-state index contributed by atoms with van der Waals surface area (Å²) in [5, 5.41) is 0. The van der Waals surface area contributed by atoms with Crippen LogP contribution in [-0.4, -0.2) is 23.1 Å². The highest BCUT2D eigenvalue weighted by molar-refractivity contribution is 6.10. The van der Waals surface area contributed by atoms with E-state index in [4.69, 9.17) is 0 Å². The molecule has 34 heavy (non-hydrogen) atoms. The number of Topliss-reactive ketones (excluding diaryl/α,β-unsaturated/α-hetero) is 4. The summed E-state index contributed by atoms with van der Waals surface area (Å²) in [6, 6.07) is 0. The van der Waals surface area contributed by atoms with Crippen molar-refractivity contribution in [3.05, 3.63) is 0 Å². The standard InChI is InChI=1S/C30H54O4/c1-13-17-19-30(16-4,25(33)27(8,9)10)24(32)22(7)18-20-28(11,12)26(34)29(14-2,15-3)23(31)21(5)6/h21-22H,13-20H2,1-12H3. The number of hydrogen-bond acceptors (Lipinski definition) is 4. The van der Waals surface area contributed by atoms with Gasteiger partial charge in [0.2, 0.25) is 0 Å². The first-order valence-electron chi connectivity index (χ1n) is 13.6. The van der Waals surface area contributed by atoms with E-state index in [1.54, 1.807) is 0 Å². The second-order valence-corrected chi connectivity index (χ2v) is 12.4. The summed E-state index contributed by atoms with van der Waals surface area (Å²) >= 11 is 0. The molecule has 4 nitrogen and oxygen atoms in total. The van der Waals surface area contributed by atoms with Gasteiger partial charge in [0.1, 0.15) is 11.6 Å². The quantitative estimate of drug-likeness (QED) is 0.212.